The highest BCUT2D eigenvalue weighted by atomic mass is 16.5. The smallest absolute Gasteiger partial charge is 0.128 e. The molecule has 3 rings (SSSR count). The summed E-state index contributed by atoms with van der Waals surface area (Å²) in [4.78, 5) is 3.15. The number of nitrogens with one attached hydrogen (secondary N) is 2. The number of fused-ring (bicyclic) bond motifs is 1. The van der Waals surface area contributed by atoms with Crippen molar-refractivity contribution in [1.82, 2.24) is 10.3 Å². The second-order valence-electron chi connectivity index (χ2n) is 7.17. The quantitative estimate of drug-likeness (QED) is 0.468. The minimum atomic E-state index is -0.654. The van der Waals surface area contributed by atoms with Gasteiger partial charge in [-0.15, -0.1) is 0 Å². The van der Waals surface area contributed by atoms with E-state index in [0.29, 0.717) is 5.75 Å². The van der Waals surface area contributed by atoms with Gasteiger partial charge < -0.3 is 25.3 Å². The van der Waals surface area contributed by atoms with Gasteiger partial charge in [-0.05, 0) is 30.2 Å². The summed E-state index contributed by atoms with van der Waals surface area (Å²) in [6.45, 7) is 4.29. The van der Waals surface area contributed by atoms with Crippen molar-refractivity contribution in [2.45, 2.75) is 45.1 Å². The Labute approximate surface area is 160 Å². The molecule has 2 aromatic carbocycles. The van der Waals surface area contributed by atoms with E-state index in [1.165, 1.54) is 5.56 Å². The highest BCUT2D eigenvalue weighted by Crippen LogP contribution is 2.26. The summed E-state index contributed by atoms with van der Waals surface area (Å²) in [6, 6.07) is 17.9. The van der Waals surface area contributed by atoms with E-state index in [1.54, 1.807) is 0 Å². The molecule has 0 spiro atoms. The van der Waals surface area contributed by atoms with E-state index >= 15 is 0 Å². The molecule has 0 aliphatic heterocycles. The van der Waals surface area contributed by atoms with E-state index in [9.17, 15) is 10.2 Å². The number of ether oxygens (including phenoxy) is 1. The number of aliphatic hydroxyl groups is 2. The molecule has 5 nitrogen and oxygen atoms in total. The molecule has 0 saturated heterocycles. The third-order valence-corrected chi connectivity index (χ3v) is 4.57. The SMILES string of the molecule is CC(C)NC(Cc1ccccc1)C(O)COc1cccc2[nH]c(CO)cc12. The summed E-state index contributed by atoms with van der Waals surface area (Å²) in [7, 11) is 0. The molecular weight excluding hydrogens is 340 g/mol. The molecule has 0 bridgehead atoms. The van der Waals surface area contributed by atoms with Crippen LogP contribution in [0.2, 0.25) is 0 Å². The van der Waals surface area contributed by atoms with E-state index in [2.05, 4.69) is 36.3 Å². The minimum absolute atomic E-state index is 0.0474. The predicted octanol–water partition coefficient (Wildman–Crippen LogP) is 3.01. The van der Waals surface area contributed by atoms with Crippen molar-refractivity contribution < 1.29 is 14.9 Å². The lowest BCUT2D eigenvalue weighted by Crippen LogP contribution is -2.47. The van der Waals surface area contributed by atoms with Gasteiger partial charge in [0.05, 0.1) is 6.61 Å². The zero-order valence-corrected chi connectivity index (χ0v) is 15.9. The van der Waals surface area contributed by atoms with Crippen molar-refractivity contribution in [3.05, 3.63) is 65.9 Å². The van der Waals surface area contributed by atoms with Gasteiger partial charge in [0.2, 0.25) is 0 Å². The van der Waals surface area contributed by atoms with E-state index < -0.39 is 6.10 Å². The molecule has 144 valence electrons. The van der Waals surface area contributed by atoms with Crippen LogP contribution in [-0.4, -0.2) is 40.0 Å². The van der Waals surface area contributed by atoms with Gasteiger partial charge in [-0.3, -0.25) is 0 Å². The molecule has 4 N–H and O–H groups in total. The lowest BCUT2D eigenvalue weighted by Gasteiger charge is -2.26. The van der Waals surface area contributed by atoms with Crippen molar-refractivity contribution in [3.8, 4) is 5.75 Å². The summed E-state index contributed by atoms with van der Waals surface area (Å²) in [5.74, 6) is 0.700. The van der Waals surface area contributed by atoms with Gasteiger partial charge in [0, 0.05) is 28.7 Å². The van der Waals surface area contributed by atoms with E-state index in [4.69, 9.17) is 4.74 Å². The number of H-pyrrole nitrogens is 1. The van der Waals surface area contributed by atoms with Crippen molar-refractivity contribution in [2.75, 3.05) is 6.61 Å². The van der Waals surface area contributed by atoms with Gasteiger partial charge in [0.1, 0.15) is 18.5 Å². The van der Waals surface area contributed by atoms with Crippen LogP contribution in [0.15, 0.2) is 54.6 Å². The van der Waals surface area contributed by atoms with Crippen LogP contribution in [0.3, 0.4) is 0 Å². The number of aromatic amines is 1. The van der Waals surface area contributed by atoms with Gasteiger partial charge in [0.25, 0.3) is 0 Å². The molecule has 0 amide bonds. The Kier molecular flexibility index (Phi) is 6.50. The summed E-state index contributed by atoms with van der Waals surface area (Å²) in [6.07, 6.45) is 0.0751. The largest absolute Gasteiger partial charge is 0.490 e. The first-order valence-corrected chi connectivity index (χ1v) is 9.39. The summed E-state index contributed by atoms with van der Waals surface area (Å²) < 4.78 is 5.95. The molecule has 3 aromatic rings. The van der Waals surface area contributed by atoms with Crippen LogP contribution in [0.25, 0.3) is 10.9 Å². The van der Waals surface area contributed by atoms with Gasteiger partial charge >= 0.3 is 0 Å². The standard InChI is InChI=1S/C22H28N2O3/c1-15(2)23-20(11-16-7-4-3-5-8-16)21(26)14-27-22-10-6-9-19-18(22)12-17(13-25)24-19/h3-10,12,15,20-21,23-26H,11,13-14H2,1-2H3. The Hall–Kier alpha value is -2.34. The van der Waals surface area contributed by atoms with Crippen LogP contribution in [0.1, 0.15) is 25.1 Å². The van der Waals surface area contributed by atoms with Crippen LogP contribution in [-0.2, 0) is 13.0 Å². The third kappa shape index (κ3) is 5.10. The molecule has 2 atom stereocenters. The molecule has 27 heavy (non-hydrogen) atoms. The van der Waals surface area contributed by atoms with Gasteiger partial charge in [0.15, 0.2) is 0 Å². The molecule has 2 unspecified atom stereocenters. The first-order valence-electron chi connectivity index (χ1n) is 9.39. The van der Waals surface area contributed by atoms with Crippen LogP contribution in [0.5, 0.6) is 5.75 Å². The molecular formula is C22H28N2O3. The lowest BCUT2D eigenvalue weighted by atomic mass is 10.0. The van der Waals surface area contributed by atoms with Crippen LogP contribution in [0.4, 0.5) is 0 Å². The Balaban J connectivity index is 1.70. The zero-order chi connectivity index (χ0) is 19.2. The van der Waals surface area contributed by atoms with Gasteiger partial charge in [-0.25, -0.2) is 0 Å². The number of rotatable bonds is 9. The molecule has 0 aliphatic carbocycles. The van der Waals surface area contributed by atoms with Crippen molar-refractivity contribution >= 4 is 10.9 Å². The lowest BCUT2D eigenvalue weighted by molar-refractivity contribution is 0.0707. The average Bonchev–Trinajstić information content (AvgIpc) is 3.10. The van der Waals surface area contributed by atoms with E-state index in [-0.39, 0.29) is 25.3 Å². The number of hydrogen-bond acceptors (Lipinski definition) is 4. The number of hydrogen-bond donors (Lipinski definition) is 4. The van der Waals surface area contributed by atoms with Crippen LogP contribution >= 0.6 is 0 Å². The Bertz CT molecular complexity index is 845. The zero-order valence-electron chi connectivity index (χ0n) is 15.9. The number of benzene rings is 2. The highest BCUT2D eigenvalue weighted by Gasteiger charge is 2.21. The molecule has 0 radical (unpaired) electrons. The molecule has 0 saturated carbocycles. The maximum Gasteiger partial charge on any atom is 0.128 e. The second-order valence-corrected chi connectivity index (χ2v) is 7.17. The fourth-order valence-corrected chi connectivity index (χ4v) is 3.29. The Morgan fingerprint density at radius 3 is 2.56 bits per heavy atom. The topological polar surface area (TPSA) is 77.5 Å². The fourth-order valence-electron chi connectivity index (χ4n) is 3.29. The summed E-state index contributed by atoms with van der Waals surface area (Å²) in [5.41, 5.74) is 2.83. The monoisotopic (exact) mass is 368 g/mol. The second kappa shape index (κ2) is 9.04. The average molecular weight is 368 g/mol. The normalized spacial score (nSPS) is 13.8. The van der Waals surface area contributed by atoms with Gasteiger partial charge in [-0.1, -0.05) is 50.2 Å². The molecule has 1 aromatic heterocycles. The first-order chi connectivity index (χ1) is 13.1. The minimum Gasteiger partial charge on any atom is -0.490 e. The molecule has 5 heteroatoms. The summed E-state index contributed by atoms with van der Waals surface area (Å²) >= 11 is 0. The fraction of sp³-hybridized carbons (Fsp3) is 0.364. The maximum absolute atomic E-state index is 10.8. The van der Waals surface area contributed by atoms with Crippen molar-refractivity contribution in [1.29, 1.82) is 0 Å². The number of aromatic nitrogens is 1. The molecule has 1 heterocycles. The first kappa shape index (κ1) is 19.4. The molecule has 0 aliphatic rings. The summed E-state index contributed by atoms with van der Waals surface area (Å²) in [5, 5.41) is 24.4. The van der Waals surface area contributed by atoms with E-state index in [0.717, 1.165) is 23.0 Å². The van der Waals surface area contributed by atoms with Crippen molar-refractivity contribution in [2.24, 2.45) is 0 Å². The Morgan fingerprint density at radius 2 is 1.85 bits per heavy atom. The van der Waals surface area contributed by atoms with Crippen LogP contribution in [0, 0.1) is 0 Å². The van der Waals surface area contributed by atoms with Crippen LogP contribution < -0.4 is 10.1 Å². The Morgan fingerprint density at radius 1 is 1.07 bits per heavy atom. The highest BCUT2D eigenvalue weighted by molar-refractivity contribution is 5.86. The van der Waals surface area contributed by atoms with Crippen molar-refractivity contribution in [3.63, 3.8) is 0 Å². The number of aliphatic hydroxyl groups excluding tert-OH is 2. The third-order valence-electron chi connectivity index (χ3n) is 4.57. The van der Waals surface area contributed by atoms with Gasteiger partial charge in [-0.2, -0.15) is 0 Å². The predicted molar refractivity (Wildman–Crippen MR) is 108 cm³/mol. The molecule has 0 fully saturated rings. The maximum atomic E-state index is 10.8. The van der Waals surface area contributed by atoms with E-state index in [1.807, 2.05) is 42.5 Å².